The lowest BCUT2D eigenvalue weighted by Crippen LogP contribution is -2.46. The van der Waals surface area contributed by atoms with Crippen molar-refractivity contribution in [1.29, 1.82) is 0 Å². The van der Waals surface area contributed by atoms with E-state index in [-0.39, 0.29) is 5.91 Å². The molecule has 0 aliphatic carbocycles. The van der Waals surface area contributed by atoms with Crippen molar-refractivity contribution in [3.05, 3.63) is 95.6 Å². The van der Waals surface area contributed by atoms with E-state index in [2.05, 4.69) is 10.6 Å². The number of carbonyl (C=O) groups is 2. The second kappa shape index (κ2) is 9.55. The van der Waals surface area contributed by atoms with Gasteiger partial charge in [0, 0.05) is 12.1 Å². The van der Waals surface area contributed by atoms with Crippen LogP contribution in [0.25, 0.3) is 0 Å². The van der Waals surface area contributed by atoms with Crippen molar-refractivity contribution in [2.45, 2.75) is 26.3 Å². The van der Waals surface area contributed by atoms with Gasteiger partial charge >= 0.3 is 6.09 Å². The Hall–Kier alpha value is -3.60. The minimum absolute atomic E-state index is 0.300. The Morgan fingerprint density at radius 3 is 2.21 bits per heavy atom. The summed E-state index contributed by atoms with van der Waals surface area (Å²) >= 11 is 0. The first-order valence-electron chi connectivity index (χ1n) is 9.47. The maximum absolute atomic E-state index is 13.0. The molecule has 0 heterocycles. The molecule has 3 aromatic rings. The molecule has 0 unspecified atom stereocenters. The molecular weight excluding hydrogens is 364 g/mol. The number of ether oxygens (including phenoxy) is 1. The fourth-order valence-corrected chi connectivity index (χ4v) is 3.00. The van der Waals surface area contributed by atoms with Crippen LogP contribution >= 0.6 is 0 Å². The number of carbonyl (C=O) groups excluding carboxylic acids is 2. The highest BCUT2D eigenvalue weighted by molar-refractivity contribution is 5.97. The average Bonchev–Trinajstić information content (AvgIpc) is 2.71. The fraction of sp³-hybridized carbons (Fsp3) is 0.167. The van der Waals surface area contributed by atoms with E-state index in [0.717, 1.165) is 22.4 Å². The monoisotopic (exact) mass is 388 g/mol. The molecule has 0 spiro atoms. The van der Waals surface area contributed by atoms with E-state index >= 15 is 0 Å². The van der Waals surface area contributed by atoms with Crippen LogP contribution in [0, 0.1) is 13.8 Å². The Morgan fingerprint density at radius 2 is 1.55 bits per heavy atom. The highest BCUT2D eigenvalue weighted by Crippen LogP contribution is 2.17. The first-order valence-corrected chi connectivity index (χ1v) is 9.47. The molecule has 3 aromatic carbocycles. The van der Waals surface area contributed by atoms with Gasteiger partial charge in [-0.3, -0.25) is 4.79 Å². The van der Waals surface area contributed by atoms with Gasteiger partial charge < -0.3 is 15.4 Å². The minimum Gasteiger partial charge on any atom is -0.410 e. The van der Waals surface area contributed by atoms with Gasteiger partial charge in [0.1, 0.15) is 11.8 Å². The molecule has 0 saturated carbocycles. The molecule has 0 aliphatic heterocycles. The highest BCUT2D eigenvalue weighted by Gasteiger charge is 2.23. The van der Waals surface area contributed by atoms with E-state index in [0.29, 0.717) is 12.2 Å². The number of hydrogen-bond acceptors (Lipinski definition) is 3. The van der Waals surface area contributed by atoms with E-state index in [1.165, 1.54) is 0 Å². The molecule has 2 N–H and O–H groups in total. The molecule has 0 saturated heterocycles. The van der Waals surface area contributed by atoms with Crippen LogP contribution in [0.1, 0.15) is 16.7 Å². The van der Waals surface area contributed by atoms with Gasteiger partial charge in [0.15, 0.2) is 0 Å². The Labute approximate surface area is 170 Å². The summed E-state index contributed by atoms with van der Waals surface area (Å²) in [4.78, 5) is 25.3. The second-order valence-electron chi connectivity index (χ2n) is 6.90. The van der Waals surface area contributed by atoms with Crippen LogP contribution in [0.2, 0.25) is 0 Å². The van der Waals surface area contributed by atoms with Crippen molar-refractivity contribution >= 4 is 17.7 Å². The van der Waals surface area contributed by atoms with Crippen LogP contribution < -0.4 is 15.4 Å². The predicted octanol–water partition coefficient (Wildman–Crippen LogP) is 4.64. The molecule has 0 fully saturated rings. The molecular formula is C24H24N2O3. The summed E-state index contributed by atoms with van der Waals surface area (Å²) in [5, 5.41) is 5.61. The number of amides is 2. The molecule has 2 amide bonds. The first-order chi connectivity index (χ1) is 14.0. The van der Waals surface area contributed by atoms with E-state index in [1.54, 1.807) is 24.3 Å². The summed E-state index contributed by atoms with van der Waals surface area (Å²) in [6, 6.07) is 23.3. The number of hydrogen-bond donors (Lipinski definition) is 2. The van der Waals surface area contributed by atoms with Crippen LogP contribution in [-0.2, 0) is 11.2 Å². The average molecular weight is 388 g/mol. The smallest absolute Gasteiger partial charge is 0.410 e. The summed E-state index contributed by atoms with van der Waals surface area (Å²) in [5.41, 5.74) is 3.74. The molecule has 148 valence electrons. The number of rotatable bonds is 6. The minimum atomic E-state index is -0.783. The molecule has 0 bridgehead atoms. The predicted molar refractivity (Wildman–Crippen MR) is 114 cm³/mol. The lowest BCUT2D eigenvalue weighted by molar-refractivity contribution is -0.118. The van der Waals surface area contributed by atoms with Crippen molar-refractivity contribution in [2.75, 3.05) is 5.32 Å². The zero-order valence-corrected chi connectivity index (χ0v) is 16.5. The highest BCUT2D eigenvalue weighted by atomic mass is 16.6. The SMILES string of the molecule is Cc1ccc(NC(=O)[C@H](Cc2ccccc2)NC(=O)Oc2ccccc2)c(C)c1. The third-order valence-corrected chi connectivity index (χ3v) is 4.48. The molecule has 0 aromatic heterocycles. The Morgan fingerprint density at radius 1 is 0.897 bits per heavy atom. The summed E-state index contributed by atoms with van der Waals surface area (Å²) in [6.45, 7) is 3.93. The molecule has 0 aliphatic rings. The van der Waals surface area contributed by atoms with Crippen LogP contribution in [0.5, 0.6) is 5.75 Å². The van der Waals surface area contributed by atoms with Crippen molar-refractivity contribution in [1.82, 2.24) is 5.32 Å². The fourth-order valence-electron chi connectivity index (χ4n) is 3.00. The van der Waals surface area contributed by atoms with Crippen molar-refractivity contribution in [2.24, 2.45) is 0 Å². The van der Waals surface area contributed by atoms with Gasteiger partial charge in [-0.2, -0.15) is 0 Å². The van der Waals surface area contributed by atoms with Crippen LogP contribution in [0.15, 0.2) is 78.9 Å². The third-order valence-electron chi connectivity index (χ3n) is 4.48. The molecule has 0 radical (unpaired) electrons. The number of aryl methyl sites for hydroxylation is 2. The maximum atomic E-state index is 13.0. The Bertz CT molecular complexity index is 972. The summed E-state index contributed by atoms with van der Waals surface area (Å²) in [5.74, 6) is 0.115. The van der Waals surface area contributed by atoms with Gasteiger partial charge in [0.25, 0.3) is 0 Å². The van der Waals surface area contributed by atoms with Crippen LogP contribution in [0.4, 0.5) is 10.5 Å². The van der Waals surface area contributed by atoms with Crippen LogP contribution in [-0.4, -0.2) is 18.0 Å². The Kier molecular flexibility index (Phi) is 6.63. The lowest BCUT2D eigenvalue weighted by Gasteiger charge is -2.19. The second-order valence-corrected chi connectivity index (χ2v) is 6.90. The zero-order chi connectivity index (χ0) is 20.6. The number of nitrogens with one attached hydrogen (secondary N) is 2. The van der Waals surface area contributed by atoms with Gasteiger partial charge in [-0.05, 0) is 43.2 Å². The molecule has 1 atom stereocenters. The van der Waals surface area contributed by atoms with Crippen molar-refractivity contribution in [3.63, 3.8) is 0 Å². The number of anilines is 1. The van der Waals surface area contributed by atoms with Gasteiger partial charge in [-0.25, -0.2) is 4.79 Å². The van der Waals surface area contributed by atoms with E-state index in [1.807, 2.05) is 68.4 Å². The van der Waals surface area contributed by atoms with Crippen molar-refractivity contribution < 1.29 is 14.3 Å². The zero-order valence-electron chi connectivity index (χ0n) is 16.5. The molecule has 3 rings (SSSR count). The lowest BCUT2D eigenvalue weighted by atomic mass is 10.0. The van der Waals surface area contributed by atoms with Gasteiger partial charge in [0.2, 0.25) is 5.91 Å². The molecule has 5 heteroatoms. The number of para-hydroxylation sites is 1. The van der Waals surface area contributed by atoms with Gasteiger partial charge in [-0.1, -0.05) is 66.2 Å². The summed E-state index contributed by atoms with van der Waals surface area (Å²) in [6.07, 6.45) is -0.325. The largest absolute Gasteiger partial charge is 0.413 e. The first kappa shape index (κ1) is 20.1. The van der Waals surface area contributed by atoms with E-state index < -0.39 is 12.1 Å². The van der Waals surface area contributed by atoms with E-state index in [9.17, 15) is 9.59 Å². The molecule has 29 heavy (non-hydrogen) atoms. The maximum Gasteiger partial charge on any atom is 0.413 e. The Balaban J connectivity index is 1.74. The van der Waals surface area contributed by atoms with Gasteiger partial charge in [-0.15, -0.1) is 0 Å². The van der Waals surface area contributed by atoms with Crippen LogP contribution in [0.3, 0.4) is 0 Å². The standard InChI is InChI=1S/C24H24N2O3/c1-17-13-14-21(18(2)15-17)25-23(27)22(16-19-9-5-3-6-10-19)26-24(28)29-20-11-7-4-8-12-20/h3-15,22H,16H2,1-2H3,(H,25,27)(H,26,28)/t22-/m0/s1. The summed E-state index contributed by atoms with van der Waals surface area (Å²) < 4.78 is 5.29. The molecule has 5 nitrogen and oxygen atoms in total. The third kappa shape index (κ3) is 5.94. The topological polar surface area (TPSA) is 67.4 Å². The normalized spacial score (nSPS) is 11.4. The van der Waals surface area contributed by atoms with Gasteiger partial charge in [0.05, 0.1) is 0 Å². The quantitative estimate of drug-likeness (QED) is 0.646. The summed E-state index contributed by atoms with van der Waals surface area (Å²) in [7, 11) is 0. The van der Waals surface area contributed by atoms with Crippen molar-refractivity contribution in [3.8, 4) is 5.75 Å². The van der Waals surface area contributed by atoms with E-state index in [4.69, 9.17) is 4.74 Å². The number of benzene rings is 3.